The Kier molecular flexibility index (Phi) is 9.89. The van der Waals surface area contributed by atoms with Crippen LogP contribution in [0.3, 0.4) is 0 Å². The Bertz CT molecular complexity index is 169. The largest absolute Gasteiger partial charge is 0.356 e. The molecule has 0 heterocycles. The van der Waals surface area contributed by atoms with Crippen molar-refractivity contribution in [2.24, 2.45) is 10.9 Å². The van der Waals surface area contributed by atoms with E-state index in [-0.39, 0.29) is 0 Å². The van der Waals surface area contributed by atoms with E-state index in [1.165, 1.54) is 12.8 Å². The van der Waals surface area contributed by atoms with Crippen molar-refractivity contribution in [1.29, 1.82) is 0 Å². The first-order chi connectivity index (χ1) is 7.20. The van der Waals surface area contributed by atoms with E-state index < -0.39 is 0 Å². The van der Waals surface area contributed by atoms with E-state index in [9.17, 15) is 0 Å². The molecule has 3 nitrogen and oxygen atoms in total. The Morgan fingerprint density at radius 1 is 1.27 bits per heavy atom. The van der Waals surface area contributed by atoms with E-state index in [4.69, 9.17) is 0 Å². The average molecular weight is 231 g/mol. The third-order valence-corrected chi connectivity index (χ3v) is 2.69. The first-order valence-electron chi connectivity index (χ1n) is 5.64. The van der Waals surface area contributed by atoms with Crippen molar-refractivity contribution < 1.29 is 0 Å². The molecular formula is C11H25N3S. The van der Waals surface area contributed by atoms with Crippen LogP contribution in [-0.2, 0) is 0 Å². The summed E-state index contributed by atoms with van der Waals surface area (Å²) in [5, 5.41) is 6.59. The summed E-state index contributed by atoms with van der Waals surface area (Å²) >= 11 is 1.84. The van der Waals surface area contributed by atoms with Crippen molar-refractivity contribution in [3.8, 4) is 0 Å². The summed E-state index contributed by atoms with van der Waals surface area (Å²) in [4.78, 5) is 4.16. The van der Waals surface area contributed by atoms with Gasteiger partial charge in [-0.05, 0) is 25.0 Å². The predicted molar refractivity (Wildman–Crippen MR) is 71.8 cm³/mol. The molecule has 0 aliphatic rings. The van der Waals surface area contributed by atoms with Gasteiger partial charge in [-0.1, -0.05) is 13.8 Å². The van der Waals surface area contributed by atoms with Crippen LogP contribution in [0.15, 0.2) is 4.99 Å². The molecule has 15 heavy (non-hydrogen) atoms. The fraction of sp³-hybridized carbons (Fsp3) is 0.909. The molecule has 0 aromatic heterocycles. The summed E-state index contributed by atoms with van der Waals surface area (Å²) in [7, 11) is 1.82. The average Bonchev–Trinajstić information content (AvgIpc) is 2.21. The molecule has 4 heteroatoms. The number of guanidine groups is 1. The summed E-state index contributed by atoms with van der Waals surface area (Å²) in [6, 6.07) is 0. The highest BCUT2D eigenvalue weighted by atomic mass is 32.2. The van der Waals surface area contributed by atoms with Crippen LogP contribution in [0.25, 0.3) is 0 Å². The lowest BCUT2D eigenvalue weighted by atomic mass is 10.1. The lowest BCUT2D eigenvalue weighted by Gasteiger charge is -2.11. The summed E-state index contributed by atoms with van der Waals surface area (Å²) in [5.41, 5.74) is 0. The highest BCUT2D eigenvalue weighted by Crippen LogP contribution is 2.01. The number of rotatable bonds is 7. The Morgan fingerprint density at radius 3 is 2.47 bits per heavy atom. The maximum atomic E-state index is 4.16. The summed E-state index contributed by atoms with van der Waals surface area (Å²) in [6.07, 6.45) is 4.59. The van der Waals surface area contributed by atoms with Crippen LogP contribution in [0, 0.1) is 5.92 Å². The van der Waals surface area contributed by atoms with Crippen LogP contribution in [0.5, 0.6) is 0 Å². The topological polar surface area (TPSA) is 36.4 Å². The van der Waals surface area contributed by atoms with Gasteiger partial charge in [0, 0.05) is 25.9 Å². The number of nitrogens with one attached hydrogen (secondary N) is 2. The molecule has 0 amide bonds. The highest BCUT2D eigenvalue weighted by molar-refractivity contribution is 7.98. The second kappa shape index (κ2) is 10.1. The van der Waals surface area contributed by atoms with Gasteiger partial charge in [-0.3, -0.25) is 4.99 Å². The van der Waals surface area contributed by atoms with Gasteiger partial charge in [-0.25, -0.2) is 0 Å². The molecule has 0 spiro atoms. The molecule has 2 N–H and O–H groups in total. The van der Waals surface area contributed by atoms with Crippen molar-refractivity contribution in [1.82, 2.24) is 10.6 Å². The minimum atomic E-state index is 0.790. The van der Waals surface area contributed by atoms with E-state index >= 15 is 0 Å². The van der Waals surface area contributed by atoms with Gasteiger partial charge in [0.05, 0.1) is 0 Å². The van der Waals surface area contributed by atoms with E-state index in [1.807, 2.05) is 18.8 Å². The Morgan fingerprint density at radius 2 is 1.93 bits per heavy atom. The van der Waals surface area contributed by atoms with Crippen molar-refractivity contribution in [2.75, 3.05) is 32.1 Å². The van der Waals surface area contributed by atoms with Crippen LogP contribution in [0.2, 0.25) is 0 Å². The van der Waals surface area contributed by atoms with Crippen molar-refractivity contribution in [3.63, 3.8) is 0 Å². The number of hydrogen-bond acceptors (Lipinski definition) is 2. The fourth-order valence-corrected chi connectivity index (χ4v) is 1.52. The molecule has 0 aliphatic heterocycles. The van der Waals surface area contributed by atoms with Crippen LogP contribution >= 0.6 is 11.8 Å². The quantitative estimate of drug-likeness (QED) is 0.399. The van der Waals surface area contributed by atoms with Crippen LogP contribution < -0.4 is 10.6 Å². The molecule has 0 saturated heterocycles. The molecule has 0 aliphatic carbocycles. The molecule has 0 aromatic rings. The number of thioether (sulfide) groups is 1. The van der Waals surface area contributed by atoms with E-state index in [2.05, 4.69) is 35.7 Å². The maximum absolute atomic E-state index is 4.16. The molecule has 0 rings (SSSR count). The normalized spacial score (nSPS) is 11.9. The third-order valence-electron chi connectivity index (χ3n) is 2.07. The second-order valence-electron chi connectivity index (χ2n) is 3.95. The first-order valence-corrected chi connectivity index (χ1v) is 7.03. The van der Waals surface area contributed by atoms with Crippen molar-refractivity contribution >= 4 is 17.7 Å². The molecule has 0 atom stereocenters. The molecular weight excluding hydrogens is 206 g/mol. The SMILES string of the molecule is CN=C(NCCCC(C)C)NCCSC. The van der Waals surface area contributed by atoms with Crippen molar-refractivity contribution in [3.05, 3.63) is 0 Å². The number of hydrogen-bond donors (Lipinski definition) is 2. The number of nitrogens with zero attached hydrogens (tertiary/aromatic N) is 1. The minimum Gasteiger partial charge on any atom is -0.356 e. The van der Waals surface area contributed by atoms with Gasteiger partial charge in [0.25, 0.3) is 0 Å². The van der Waals surface area contributed by atoms with Crippen LogP contribution in [0.1, 0.15) is 26.7 Å². The minimum absolute atomic E-state index is 0.790. The molecule has 0 aromatic carbocycles. The van der Waals surface area contributed by atoms with Gasteiger partial charge in [-0.15, -0.1) is 0 Å². The zero-order valence-electron chi connectivity index (χ0n) is 10.5. The van der Waals surface area contributed by atoms with Crippen molar-refractivity contribution in [2.45, 2.75) is 26.7 Å². The van der Waals surface area contributed by atoms with E-state index in [0.29, 0.717) is 0 Å². The van der Waals surface area contributed by atoms with Gasteiger partial charge in [0.2, 0.25) is 0 Å². The lowest BCUT2D eigenvalue weighted by Crippen LogP contribution is -2.38. The Hall–Kier alpha value is -0.380. The standard InChI is InChI=1S/C11H25N3S/c1-10(2)6-5-7-13-11(12-3)14-8-9-15-4/h10H,5-9H2,1-4H3,(H2,12,13,14). The zero-order valence-corrected chi connectivity index (χ0v) is 11.3. The summed E-state index contributed by atoms with van der Waals surface area (Å²) < 4.78 is 0. The second-order valence-corrected chi connectivity index (χ2v) is 4.94. The number of aliphatic imine (C=N–C) groups is 1. The molecule has 0 fully saturated rings. The fourth-order valence-electron chi connectivity index (χ4n) is 1.21. The van der Waals surface area contributed by atoms with Gasteiger partial charge in [0.15, 0.2) is 5.96 Å². The van der Waals surface area contributed by atoms with Crippen LogP contribution in [0.4, 0.5) is 0 Å². The molecule has 0 radical (unpaired) electrons. The predicted octanol–water partition coefficient (Wildman–Crippen LogP) is 1.95. The molecule has 0 unspecified atom stereocenters. The highest BCUT2D eigenvalue weighted by Gasteiger charge is 1.97. The van der Waals surface area contributed by atoms with Gasteiger partial charge >= 0.3 is 0 Å². The van der Waals surface area contributed by atoms with Gasteiger partial charge in [-0.2, -0.15) is 11.8 Å². The van der Waals surface area contributed by atoms with Gasteiger partial charge in [0.1, 0.15) is 0 Å². The molecule has 0 saturated carbocycles. The van der Waals surface area contributed by atoms with E-state index in [1.54, 1.807) is 0 Å². The maximum Gasteiger partial charge on any atom is 0.191 e. The summed E-state index contributed by atoms with van der Waals surface area (Å²) in [6.45, 7) is 6.50. The summed E-state index contributed by atoms with van der Waals surface area (Å²) in [5.74, 6) is 2.83. The molecule has 0 bridgehead atoms. The smallest absolute Gasteiger partial charge is 0.191 e. The Labute approximate surface area is 98.5 Å². The molecule has 90 valence electrons. The monoisotopic (exact) mass is 231 g/mol. The van der Waals surface area contributed by atoms with Gasteiger partial charge < -0.3 is 10.6 Å². The van der Waals surface area contributed by atoms with E-state index in [0.717, 1.165) is 30.7 Å². The lowest BCUT2D eigenvalue weighted by molar-refractivity contribution is 0.549. The third kappa shape index (κ3) is 9.91. The van der Waals surface area contributed by atoms with Crippen LogP contribution in [-0.4, -0.2) is 38.1 Å². The Balaban J connectivity index is 3.45. The zero-order chi connectivity index (χ0) is 11.5. The first kappa shape index (κ1) is 14.6.